The van der Waals surface area contributed by atoms with E-state index in [1.54, 1.807) is 11.3 Å². The van der Waals surface area contributed by atoms with Crippen molar-refractivity contribution in [1.29, 1.82) is 0 Å². The molecule has 0 aromatic carbocycles. The zero-order valence-electron chi connectivity index (χ0n) is 10.6. The van der Waals surface area contributed by atoms with E-state index in [9.17, 15) is 0 Å². The Kier molecular flexibility index (Phi) is 3.91. The molecule has 0 aliphatic rings. The van der Waals surface area contributed by atoms with E-state index < -0.39 is 0 Å². The third kappa shape index (κ3) is 3.14. The predicted octanol–water partition coefficient (Wildman–Crippen LogP) is 2.08. The summed E-state index contributed by atoms with van der Waals surface area (Å²) in [6.07, 6.45) is 3.03. The second kappa shape index (κ2) is 5.42. The fraction of sp³-hybridized carbons (Fsp3) is 0.500. The molecule has 0 bridgehead atoms. The van der Waals surface area contributed by atoms with E-state index in [0.29, 0.717) is 0 Å². The smallest absolute Gasteiger partial charge is 0.225 e. The molecule has 0 radical (unpaired) electrons. The summed E-state index contributed by atoms with van der Waals surface area (Å²) >= 11 is 1.68. The van der Waals surface area contributed by atoms with Crippen molar-refractivity contribution in [2.45, 2.75) is 6.42 Å². The van der Waals surface area contributed by atoms with Crippen molar-refractivity contribution in [2.75, 3.05) is 39.1 Å². The summed E-state index contributed by atoms with van der Waals surface area (Å²) in [6.45, 7) is 2.07. The Balaban J connectivity index is 2.00. The Morgan fingerprint density at radius 3 is 2.82 bits per heavy atom. The van der Waals surface area contributed by atoms with Gasteiger partial charge in [0, 0.05) is 13.6 Å². The summed E-state index contributed by atoms with van der Waals surface area (Å²) in [4.78, 5) is 13.2. The van der Waals surface area contributed by atoms with E-state index in [0.717, 1.165) is 35.7 Å². The van der Waals surface area contributed by atoms with E-state index in [1.165, 1.54) is 0 Å². The standard InChI is InChI=1S/C12H18N4S/c1-15(2)6-4-7-16(3)12-13-9-11-10(14-12)5-8-17-11/h5,8-9H,4,6-7H2,1-3H3. The fourth-order valence-corrected chi connectivity index (χ4v) is 2.36. The van der Waals surface area contributed by atoms with Crippen LogP contribution in [0.5, 0.6) is 0 Å². The first-order valence-corrected chi connectivity index (χ1v) is 6.61. The molecule has 0 atom stereocenters. The maximum absolute atomic E-state index is 4.54. The van der Waals surface area contributed by atoms with Gasteiger partial charge in [-0.25, -0.2) is 9.97 Å². The monoisotopic (exact) mass is 250 g/mol. The first kappa shape index (κ1) is 12.3. The molecule has 0 spiro atoms. The number of hydrogen-bond donors (Lipinski definition) is 0. The second-order valence-electron chi connectivity index (χ2n) is 4.42. The third-order valence-corrected chi connectivity index (χ3v) is 3.47. The molecule has 0 saturated carbocycles. The second-order valence-corrected chi connectivity index (χ2v) is 5.37. The van der Waals surface area contributed by atoms with Crippen LogP contribution in [-0.4, -0.2) is 49.1 Å². The molecule has 4 nitrogen and oxygen atoms in total. The Morgan fingerprint density at radius 2 is 2.06 bits per heavy atom. The number of fused-ring (bicyclic) bond motifs is 1. The largest absolute Gasteiger partial charge is 0.344 e. The van der Waals surface area contributed by atoms with Gasteiger partial charge in [0.1, 0.15) is 0 Å². The molecule has 2 heterocycles. The number of hydrogen-bond acceptors (Lipinski definition) is 5. The van der Waals surface area contributed by atoms with Gasteiger partial charge >= 0.3 is 0 Å². The summed E-state index contributed by atoms with van der Waals surface area (Å²) in [6, 6.07) is 2.04. The van der Waals surface area contributed by atoms with Gasteiger partial charge in [-0.1, -0.05) is 0 Å². The molecule has 2 rings (SSSR count). The fourth-order valence-electron chi connectivity index (χ4n) is 1.66. The quantitative estimate of drug-likeness (QED) is 0.813. The lowest BCUT2D eigenvalue weighted by Gasteiger charge is -2.18. The third-order valence-electron chi connectivity index (χ3n) is 2.63. The molecule has 0 N–H and O–H groups in total. The molecule has 0 saturated heterocycles. The summed E-state index contributed by atoms with van der Waals surface area (Å²) in [5, 5.41) is 2.05. The molecule has 0 aliphatic carbocycles. The average molecular weight is 250 g/mol. The van der Waals surface area contributed by atoms with Gasteiger partial charge in [0.15, 0.2) is 0 Å². The summed E-state index contributed by atoms with van der Waals surface area (Å²) in [5.41, 5.74) is 1.04. The van der Waals surface area contributed by atoms with Crippen LogP contribution in [0.3, 0.4) is 0 Å². The summed E-state index contributed by atoms with van der Waals surface area (Å²) < 4.78 is 1.15. The Bertz CT molecular complexity index is 480. The van der Waals surface area contributed by atoms with Crippen molar-refractivity contribution in [3.8, 4) is 0 Å². The van der Waals surface area contributed by atoms with Crippen molar-refractivity contribution in [3.05, 3.63) is 17.6 Å². The van der Waals surface area contributed by atoms with Crippen LogP contribution in [0.15, 0.2) is 17.6 Å². The molecule has 0 aliphatic heterocycles. The SMILES string of the molecule is CN(C)CCCN(C)c1ncc2sccc2n1. The normalized spacial score (nSPS) is 11.3. The molecule has 92 valence electrons. The highest BCUT2D eigenvalue weighted by molar-refractivity contribution is 7.17. The zero-order valence-corrected chi connectivity index (χ0v) is 11.4. The lowest BCUT2D eigenvalue weighted by molar-refractivity contribution is 0.401. The average Bonchev–Trinajstić information content (AvgIpc) is 2.75. The zero-order chi connectivity index (χ0) is 12.3. The minimum absolute atomic E-state index is 0.814. The Hall–Kier alpha value is -1.20. The molecule has 2 aromatic rings. The molecular weight excluding hydrogens is 232 g/mol. The summed E-state index contributed by atoms with van der Waals surface area (Å²) in [5.74, 6) is 0.814. The van der Waals surface area contributed by atoms with Gasteiger partial charge in [-0.15, -0.1) is 11.3 Å². The number of thiophene rings is 1. The number of nitrogens with zero attached hydrogens (tertiary/aromatic N) is 4. The Labute approximate surface area is 106 Å². The maximum atomic E-state index is 4.54. The van der Waals surface area contributed by atoms with Crippen LogP contribution in [0, 0.1) is 0 Å². The molecule has 17 heavy (non-hydrogen) atoms. The molecule has 0 unspecified atom stereocenters. The van der Waals surface area contributed by atoms with Crippen LogP contribution in [0.2, 0.25) is 0 Å². The number of rotatable bonds is 5. The topological polar surface area (TPSA) is 32.3 Å². The van der Waals surface area contributed by atoms with Gasteiger partial charge in [-0.2, -0.15) is 0 Å². The van der Waals surface area contributed by atoms with E-state index in [-0.39, 0.29) is 0 Å². The minimum atomic E-state index is 0.814. The van der Waals surface area contributed by atoms with Crippen LogP contribution in [0.1, 0.15) is 6.42 Å². The molecule has 0 amide bonds. The molecule has 5 heteroatoms. The van der Waals surface area contributed by atoms with E-state index in [1.807, 2.05) is 19.3 Å². The van der Waals surface area contributed by atoms with Crippen LogP contribution < -0.4 is 4.90 Å². The van der Waals surface area contributed by atoms with Crippen molar-refractivity contribution in [1.82, 2.24) is 14.9 Å². The summed E-state index contributed by atoms with van der Waals surface area (Å²) in [7, 11) is 6.23. The number of anilines is 1. The van der Waals surface area contributed by atoms with Gasteiger partial charge in [0.2, 0.25) is 5.95 Å². The van der Waals surface area contributed by atoms with Crippen LogP contribution >= 0.6 is 11.3 Å². The first-order valence-electron chi connectivity index (χ1n) is 5.73. The van der Waals surface area contributed by atoms with Crippen LogP contribution in [-0.2, 0) is 0 Å². The van der Waals surface area contributed by atoms with E-state index >= 15 is 0 Å². The lowest BCUT2D eigenvalue weighted by atomic mass is 10.4. The van der Waals surface area contributed by atoms with Gasteiger partial charge in [0.05, 0.1) is 16.4 Å². The number of aromatic nitrogens is 2. The van der Waals surface area contributed by atoms with Gasteiger partial charge in [-0.05, 0) is 38.5 Å². The van der Waals surface area contributed by atoms with Crippen molar-refractivity contribution >= 4 is 27.5 Å². The van der Waals surface area contributed by atoms with Crippen LogP contribution in [0.4, 0.5) is 5.95 Å². The first-order chi connectivity index (χ1) is 8.16. The Morgan fingerprint density at radius 1 is 1.24 bits per heavy atom. The van der Waals surface area contributed by atoms with Gasteiger partial charge in [0.25, 0.3) is 0 Å². The minimum Gasteiger partial charge on any atom is -0.344 e. The highest BCUT2D eigenvalue weighted by Gasteiger charge is 2.06. The molecular formula is C12H18N4S. The van der Waals surface area contributed by atoms with Gasteiger partial charge in [-0.3, -0.25) is 0 Å². The predicted molar refractivity (Wildman–Crippen MR) is 73.9 cm³/mol. The van der Waals surface area contributed by atoms with Crippen molar-refractivity contribution in [2.24, 2.45) is 0 Å². The molecule has 0 fully saturated rings. The van der Waals surface area contributed by atoms with Crippen LogP contribution in [0.25, 0.3) is 10.2 Å². The highest BCUT2D eigenvalue weighted by atomic mass is 32.1. The van der Waals surface area contributed by atoms with E-state index in [4.69, 9.17) is 0 Å². The maximum Gasteiger partial charge on any atom is 0.225 e. The van der Waals surface area contributed by atoms with E-state index in [2.05, 4.69) is 39.2 Å². The van der Waals surface area contributed by atoms with Crippen molar-refractivity contribution in [3.63, 3.8) is 0 Å². The van der Waals surface area contributed by atoms with Crippen molar-refractivity contribution < 1.29 is 0 Å². The molecule has 2 aromatic heterocycles. The lowest BCUT2D eigenvalue weighted by Crippen LogP contribution is -2.24. The van der Waals surface area contributed by atoms with Gasteiger partial charge < -0.3 is 9.80 Å². The highest BCUT2D eigenvalue weighted by Crippen LogP contribution is 2.19.